The van der Waals surface area contributed by atoms with Crippen LogP contribution >= 0.6 is 0 Å². The van der Waals surface area contributed by atoms with Crippen LogP contribution in [-0.2, 0) is 9.53 Å². The molecular formula is C12H18O3. The molecule has 1 saturated heterocycles. The van der Waals surface area contributed by atoms with E-state index in [0.717, 1.165) is 12.8 Å². The summed E-state index contributed by atoms with van der Waals surface area (Å²) in [4.78, 5) is 10.5. The van der Waals surface area contributed by atoms with E-state index < -0.39 is 5.97 Å². The van der Waals surface area contributed by atoms with Gasteiger partial charge in [0, 0.05) is 12.0 Å². The second-order valence-electron chi connectivity index (χ2n) is 5.49. The quantitative estimate of drug-likeness (QED) is 0.561. The van der Waals surface area contributed by atoms with Crippen LogP contribution in [0.1, 0.15) is 33.6 Å². The number of carboxylic acids is 1. The van der Waals surface area contributed by atoms with Crippen LogP contribution in [0.15, 0.2) is 12.2 Å². The summed E-state index contributed by atoms with van der Waals surface area (Å²) in [5, 5.41) is 8.67. The summed E-state index contributed by atoms with van der Waals surface area (Å²) in [7, 11) is 0. The third-order valence-corrected chi connectivity index (χ3v) is 3.92. The first-order valence-electron chi connectivity index (χ1n) is 5.45. The molecule has 1 aliphatic heterocycles. The van der Waals surface area contributed by atoms with Gasteiger partial charge in [-0.05, 0) is 25.2 Å². The van der Waals surface area contributed by atoms with E-state index in [1.54, 1.807) is 0 Å². The SMILES string of the molecule is CC1(C)CCC2OC2(C)C1C=CC(=O)O. The monoisotopic (exact) mass is 210 g/mol. The number of epoxide rings is 1. The van der Waals surface area contributed by atoms with E-state index in [2.05, 4.69) is 20.8 Å². The summed E-state index contributed by atoms with van der Waals surface area (Å²) in [5.41, 5.74) is 0.0153. The Labute approximate surface area is 90.1 Å². The molecule has 1 N–H and O–H groups in total. The van der Waals surface area contributed by atoms with Gasteiger partial charge in [-0.25, -0.2) is 4.79 Å². The molecule has 2 aliphatic rings. The highest BCUT2D eigenvalue weighted by atomic mass is 16.6. The van der Waals surface area contributed by atoms with Crippen molar-refractivity contribution in [2.24, 2.45) is 11.3 Å². The maximum absolute atomic E-state index is 10.5. The molecule has 3 heteroatoms. The van der Waals surface area contributed by atoms with Gasteiger partial charge in [-0.15, -0.1) is 0 Å². The molecule has 2 fully saturated rings. The van der Waals surface area contributed by atoms with Gasteiger partial charge in [0.15, 0.2) is 0 Å². The summed E-state index contributed by atoms with van der Waals surface area (Å²) >= 11 is 0. The zero-order valence-electron chi connectivity index (χ0n) is 9.49. The molecule has 1 aliphatic carbocycles. The molecule has 2 rings (SSSR count). The van der Waals surface area contributed by atoms with Crippen LogP contribution in [0, 0.1) is 11.3 Å². The number of fused-ring (bicyclic) bond motifs is 1. The molecule has 0 bridgehead atoms. The summed E-state index contributed by atoms with van der Waals surface area (Å²) in [6.45, 7) is 6.47. The van der Waals surface area contributed by atoms with Crippen molar-refractivity contribution in [1.82, 2.24) is 0 Å². The first-order chi connectivity index (χ1) is 6.86. The van der Waals surface area contributed by atoms with Crippen LogP contribution in [0.2, 0.25) is 0 Å². The van der Waals surface area contributed by atoms with Crippen molar-refractivity contribution < 1.29 is 14.6 Å². The van der Waals surface area contributed by atoms with E-state index in [0.29, 0.717) is 6.10 Å². The van der Waals surface area contributed by atoms with Crippen LogP contribution in [0.4, 0.5) is 0 Å². The molecule has 0 aromatic heterocycles. The number of rotatable bonds is 2. The third-order valence-electron chi connectivity index (χ3n) is 3.92. The number of carboxylic acid groups (broad SMARTS) is 1. The molecule has 3 unspecified atom stereocenters. The number of ether oxygens (including phenoxy) is 1. The van der Waals surface area contributed by atoms with Gasteiger partial charge in [0.05, 0.1) is 11.7 Å². The fourth-order valence-electron chi connectivity index (χ4n) is 2.96. The van der Waals surface area contributed by atoms with Gasteiger partial charge in [0.1, 0.15) is 0 Å². The second kappa shape index (κ2) is 3.08. The van der Waals surface area contributed by atoms with Gasteiger partial charge >= 0.3 is 5.97 Å². The summed E-state index contributed by atoms with van der Waals surface area (Å²) in [6.07, 6.45) is 5.60. The van der Waals surface area contributed by atoms with Crippen LogP contribution < -0.4 is 0 Å². The minimum Gasteiger partial charge on any atom is -0.478 e. The van der Waals surface area contributed by atoms with Crippen molar-refractivity contribution in [3.63, 3.8) is 0 Å². The average molecular weight is 210 g/mol. The first kappa shape index (κ1) is 10.7. The van der Waals surface area contributed by atoms with E-state index >= 15 is 0 Å². The lowest BCUT2D eigenvalue weighted by Gasteiger charge is -2.38. The molecule has 1 heterocycles. The highest BCUT2D eigenvalue weighted by molar-refractivity contribution is 5.79. The van der Waals surface area contributed by atoms with Gasteiger partial charge in [0.2, 0.25) is 0 Å². The summed E-state index contributed by atoms with van der Waals surface area (Å²) < 4.78 is 5.70. The van der Waals surface area contributed by atoms with E-state index in [1.165, 1.54) is 6.08 Å². The van der Waals surface area contributed by atoms with Crippen molar-refractivity contribution >= 4 is 5.97 Å². The maximum Gasteiger partial charge on any atom is 0.327 e. The molecule has 0 amide bonds. The predicted molar refractivity (Wildman–Crippen MR) is 56.6 cm³/mol. The van der Waals surface area contributed by atoms with E-state index in [-0.39, 0.29) is 16.9 Å². The van der Waals surface area contributed by atoms with Crippen LogP contribution in [0.25, 0.3) is 0 Å². The fraction of sp³-hybridized carbons (Fsp3) is 0.750. The molecule has 84 valence electrons. The Morgan fingerprint density at radius 1 is 1.47 bits per heavy atom. The minimum absolute atomic E-state index is 0.117. The molecule has 3 nitrogen and oxygen atoms in total. The molecule has 0 radical (unpaired) electrons. The summed E-state index contributed by atoms with van der Waals surface area (Å²) in [6, 6.07) is 0. The topological polar surface area (TPSA) is 49.8 Å². The average Bonchev–Trinajstić information content (AvgIpc) is 2.74. The standard InChI is InChI=1S/C12H18O3/c1-11(2)7-6-9-12(3,15-9)8(11)4-5-10(13)14/h4-5,8-9H,6-7H2,1-3H3,(H,13,14). The smallest absolute Gasteiger partial charge is 0.327 e. The Morgan fingerprint density at radius 3 is 2.73 bits per heavy atom. The molecule has 0 spiro atoms. The highest BCUT2D eigenvalue weighted by Crippen LogP contribution is 2.58. The Bertz CT molecular complexity index is 314. The van der Waals surface area contributed by atoms with Crippen molar-refractivity contribution in [3.05, 3.63) is 12.2 Å². The molecule has 0 aromatic carbocycles. The Hall–Kier alpha value is -0.830. The van der Waals surface area contributed by atoms with Gasteiger partial charge in [0.25, 0.3) is 0 Å². The Kier molecular flexibility index (Phi) is 2.19. The van der Waals surface area contributed by atoms with E-state index in [9.17, 15) is 4.79 Å². The Balaban J connectivity index is 2.21. The van der Waals surface area contributed by atoms with Gasteiger partial charge in [-0.2, -0.15) is 0 Å². The molecule has 3 atom stereocenters. The number of carbonyl (C=O) groups is 1. The Morgan fingerprint density at radius 2 is 2.13 bits per heavy atom. The predicted octanol–water partition coefficient (Wildman–Crippen LogP) is 2.22. The van der Waals surface area contributed by atoms with Gasteiger partial charge in [-0.1, -0.05) is 19.9 Å². The van der Waals surface area contributed by atoms with Crippen molar-refractivity contribution in [2.45, 2.75) is 45.3 Å². The molecule has 0 aromatic rings. The second-order valence-corrected chi connectivity index (χ2v) is 5.49. The lowest BCUT2D eigenvalue weighted by atomic mass is 9.64. The van der Waals surface area contributed by atoms with Crippen LogP contribution in [-0.4, -0.2) is 22.8 Å². The zero-order valence-corrected chi connectivity index (χ0v) is 9.49. The highest BCUT2D eigenvalue weighted by Gasteiger charge is 2.63. The van der Waals surface area contributed by atoms with Crippen LogP contribution in [0.5, 0.6) is 0 Å². The number of hydrogen-bond acceptors (Lipinski definition) is 2. The van der Waals surface area contributed by atoms with E-state index in [1.807, 2.05) is 6.08 Å². The maximum atomic E-state index is 10.5. The number of hydrogen-bond donors (Lipinski definition) is 1. The largest absolute Gasteiger partial charge is 0.478 e. The normalized spacial score (nSPS) is 42.6. The zero-order chi connectivity index (χ0) is 11.3. The lowest BCUT2D eigenvalue weighted by Crippen LogP contribution is -2.39. The first-order valence-corrected chi connectivity index (χ1v) is 5.45. The number of aliphatic carboxylic acids is 1. The van der Waals surface area contributed by atoms with Crippen molar-refractivity contribution in [2.75, 3.05) is 0 Å². The van der Waals surface area contributed by atoms with Crippen LogP contribution in [0.3, 0.4) is 0 Å². The minimum atomic E-state index is -0.878. The van der Waals surface area contributed by atoms with Crippen molar-refractivity contribution in [3.8, 4) is 0 Å². The fourth-order valence-corrected chi connectivity index (χ4v) is 2.96. The van der Waals surface area contributed by atoms with Crippen molar-refractivity contribution in [1.29, 1.82) is 0 Å². The van der Waals surface area contributed by atoms with E-state index in [4.69, 9.17) is 9.84 Å². The van der Waals surface area contributed by atoms with Gasteiger partial charge < -0.3 is 9.84 Å². The molecular weight excluding hydrogens is 192 g/mol. The molecule has 1 saturated carbocycles. The van der Waals surface area contributed by atoms with Gasteiger partial charge in [-0.3, -0.25) is 0 Å². The summed E-state index contributed by atoms with van der Waals surface area (Å²) in [5.74, 6) is -0.669. The lowest BCUT2D eigenvalue weighted by molar-refractivity contribution is -0.131. The molecule has 15 heavy (non-hydrogen) atoms. The third kappa shape index (κ3) is 1.69.